The van der Waals surface area contributed by atoms with E-state index in [2.05, 4.69) is 14.7 Å². The minimum Gasteiger partial charge on any atom is -0.478 e. The van der Waals surface area contributed by atoms with Crippen LogP contribution in [0.1, 0.15) is 54.3 Å². The lowest BCUT2D eigenvalue weighted by molar-refractivity contribution is 0.00693. The third-order valence-electron chi connectivity index (χ3n) is 6.92. The second-order valence-corrected chi connectivity index (χ2v) is 10.7. The van der Waals surface area contributed by atoms with Crippen LogP contribution in [0.5, 0.6) is 0 Å². The first-order valence-electron chi connectivity index (χ1n) is 12.7. The number of halogens is 1. The number of carboxylic acids is 1. The SMILES string of the molecule is CC(C)(C)OC(=O)c1ccc(N2CCC(CN3CCN(c4ccc(C(=O)O)c(F)c4)CC3)CC2)cc1. The van der Waals surface area contributed by atoms with E-state index in [-0.39, 0.29) is 11.5 Å². The maximum Gasteiger partial charge on any atom is 0.338 e. The molecule has 0 atom stereocenters. The second-order valence-electron chi connectivity index (χ2n) is 10.7. The predicted octanol–water partition coefficient (Wildman–Crippen LogP) is 4.52. The smallest absolute Gasteiger partial charge is 0.338 e. The van der Waals surface area contributed by atoms with Crippen molar-refractivity contribution in [1.82, 2.24) is 4.90 Å². The highest BCUT2D eigenvalue weighted by atomic mass is 19.1. The van der Waals surface area contributed by atoms with Crippen molar-refractivity contribution >= 4 is 23.3 Å². The van der Waals surface area contributed by atoms with Crippen molar-refractivity contribution in [1.29, 1.82) is 0 Å². The van der Waals surface area contributed by atoms with E-state index in [1.54, 1.807) is 6.07 Å². The maximum absolute atomic E-state index is 14.1. The average Bonchev–Trinajstić information content (AvgIpc) is 2.84. The van der Waals surface area contributed by atoms with Gasteiger partial charge in [-0.15, -0.1) is 0 Å². The fourth-order valence-corrected chi connectivity index (χ4v) is 4.95. The molecule has 0 aliphatic carbocycles. The fourth-order valence-electron chi connectivity index (χ4n) is 4.95. The van der Waals surface area contributed by atoms with Crippen molar-refractivity contribution in [2.75, 3.05) is 55.6 Å². The first-order chi connectivity index (χ1) is 17.1. The molecule has 0 saturated carbocycles. The summed E-state index contributed by atoms with van der Waals surface area (Å²) in [5.41, 5.74) is 1.65. The van der Waals surface area contributed by atoms with E-state index in [9.17, 15) is 14.0 Å². The number of nitrogens with zero attached hydrogens (tertiary/aromatic N) is 3. The van der Waals surface area contributed by atoms with Gasteiger partial charge in [0.15, 0.2) is 0 Å². The molecule has 0 spiro atoms. The number of ether oxygens (including phenoxy) is 1. The third-order valence-corrected chi connectivity index (χ3v) is 6.92. The van der Waals surface area contributed by atoms with Gasteiger partial charge in [-0.05, 0) is 82.0 Å². The van der Waals surface area contributed by atoms with Crippen LogP contribution < -0.4 is 9.80 Å². The molecule has 2 aliphatic rings. The Labute approximate surface area is 212 Å². The van der Waals surface area contributed by atoms with Crippen molar-refractivity contribution in [3.8, 4) is 0 Å². The summed E-state index contributed by atoms with van der Waals surface area (Å²) in [5, 5.41) is 9.02. The van der Waals surface area contributed by atoms with E-state index in [4.69, 9.17) is 9.84 Å². The molecule has 8 heteroatoms. The number of hydrogen-bond donors (Lipinski definition) is 1. The Morgan fingerprint density at radius 1 is 0.917 bits per heavy atom. The maximum atomic E-state index is 14.1. The van der Waals surface area contributed by atoms with E-state index in [0.29, 0.717) is 11.5 Å². The van der Waals surface area contributed by atoms with Crippen LogP contribution in [0.25, 0.3) is 0 Å². The number of hydrogen-bond acceptors (Lipinski definition) is 6. The molecule has 4 rings (SSSR count). The summed E-state index contributed by atoms with van der Waals surface area (Å²) in [6.07, 6.45) is 2.24. The number of anilines is 2. The summed E-state index contributed by atoms with van der Waals surface area (Å²) in [4.78, 5) is 30.3. The Bertz CT molecular complexity index is 1070. The van der Waals surface area contributed by atoms with Gasteiger partial charge in [0, 0.05) is 57.2 Å². The van der Waals surface area contributed by atoms with Gasteiger partial charge in [0.25, 0.3) is 0 Å². The molecule has 1 N–H and O–H groups in total. The molecule has 0 bridgehead atoms. The molecule has 2 aromatic rings. The molecule has 0 radical (unpaired) electrons. The summed E-state index contributed by atoms with van der Waals surface area (Å²) >= 11 is 0. The Hall–Kier alpha value is -3.13. The Balaban J connectivity index is 1.22. The van der Waals surface area contributed by atoms with Gasteiger partial charge in [-0.3, -0.25) is 4.90 Å². The standard InChI is InChI=1S/C28H36FN3O4/c1-28(2,3)36-27(35)21-4-6-22(7-5-21)31-12-10-20(11-13-31)19-30-14-16-32(17-15-30)23-8-9-24(26(33)34)25(29)18-23/h4-9,18,20H,10-17,19H2,1-3H3,(H,33,34). The van der Waals surface area contributed by atoms with Crippen molar-refractivity contribution in [3.05, 3.63) is 59.4 Å². The van der Waals surface area contributed by atoms with Crippen LogP contribution in [0.2, 0.25) is 0 Å². The predicted molar refractivity (Wildman–Crippen MR) is 139 cm³/mol. The van der Waals surface area contributed by atoms with Crippen LogP contribution in [0.15, 0.2) is 42.5 Å². The summed E-state index contributed by atoms with van der Waals surface area (Å²) in [5.74, 6) is -1.59. The number of esters is 1. The van der Waals surface area contributed by atoms with Crippen LogP contribution in [-0.2, 0) is 4.74 Å². The molecule has 2 aromatic carbocycles. The molecule has 36 heavy (non-hydrogen) atoms. The average molecular weight is 498 g/mol. The molecule has 7 nitrogen and oxygen atoms in total. The van der Waals surface area contributed by atoms with Crippen LogP contribution in [0, 0.1) is 11.7 Å². The Kier molecular flexibility index (Phi) is 7.83. The Morgan fingerprint density at radius 2 is 1.50 bits per heavy atom. The number of piperazine rings is 1. The van der Waals surface area contributed by atoms with Crippen LogP contribution in [0.3, 0.4) is 0 Å². The highest BCUT2D eigenvalue weighted by Crippen LogP contribution is 2.26. The second kappa shape index (κ2) is 10.9. The van der Waals surface area contributed by atoms with E-state index >= 15 is 0 Å². The first kappa shape index (κ1) is 25.9. The zero-order valence-corrected chi connectivity index (χ0v) is 21.4. The van der Waals surface area contributed by atoms with Crippen LogP contribution in [0.4, 0.5) is 15.8 Å². The highest BCUT2D eigenvalue weighted by molar-refractivity contribution is 5.90. The summed E-state index contributed by atoms with van der Waals surface area (Å²) in [6.45, 7) is 12.1. The lowest BCUT2D eigenvalue weighted by Gasteiger charge is -2.40. The normalized spacial score (nSPS) is 17.8. The van der Waals surface area contributed by atoms with Gasteiger partial charge in [-0.25, -0.2) is 14.0 Å². The van der Waals surface area contributed by atoms with E-state index in [1.807, 2.05) is 45.0 Å². The lowest BCUT2D eigenvalue weighted by Crippen LogP contribution is -2.49. The molecule has 0 aromatic heterocycles. The number of carbonyl (C=O) groups excluding carboxylic acids is 1. The topological polar surface area (TPSA) is 73.3 Å². The van der Waals surface area contributed by atoms with Crippen molar-refractivity contribution < 1.29 is 23.8 Å². The molecular formula is C28H36FN3O4. The monoisotopic (exact) mass is 497 g/mol. The largest absolute Gasteiger partial charge is 0.478 e. The van der Waals surface area contributed by atoms with Gasteiger partial charge in [-0.2, -0.15) is 0 Å². The molecule has 0 unspecified atom stereocenters. The molecule has 2 heterocycles. The molecule has 0 amide bonds. The van der Waals surface area contributed by atoms with Gasteiger partial charge >= 0.3 is 11.9 Å². The number of piperidine rings is 1. The van der Waals surface area contributed by atoms with Crippen molar-refractivity contribution in [3.63, 3.8) is 0 Å². The lowest BCUT2D eigenvalue weighted by atomic mass is 9.95. The fraction of sp³-hybridized carbons (Fsp3) is 0.500. The number of benzene rings is 2. The number of rotatable bonds is 6. The summed E-state index contributed by atoms with van der Waals surface area (Å²) in [7, 11) is 0. The molecule has 2 aliphatic heterocycles. The minimum atomic E-state index is -1.24. The van der Waals surface area contributed by atoms with Crippen LogP contribution in [-0.4, -0.2) is 73.4 Å². The molecule has 194 valence electrons. The van der Waals surface area contributed by atoms with E-state index in [0.717, 1.165) is 70.0 Å². The molecular weight excluding hydrogens is 461 g/mol. The van der Waals surface area contributed by atoms with Gasteiger partial charge in [0.05, 0.1) is 11.1 Å². The minimum absolute atomic E-state index is 0.289. The van der Waals surface area contributed by atoms with Gasteiger partial charge < -0.3 is 19.6 Å². The van der Waals surface area contributed by atoms with Crippen LogP contribution >= 0.6 is 0 Å². The number of carbonyl (C=O) groups is 2. The van der Waals surface area contributed by atoms with Crippen molar-refractivity contribution in [2.24, 2.45) is 5.92 Å². The quantitative estimate of drug-likeness (QED) is 0.589. The van der Waals surface area contributed by atoms with Gasteiger partial charge in [-0.1, -0.05) is 0 Å². The number of carboxylic acid groups (broad SMARTS) is 1. The third kappa shape index (κ3) is 6.55. The summed E-state index contributed by atoms with van der Waals surface area (Å²) < 4.78 is 19.5. The molecule has 2 fully saturated rings. The zero-order valence-electron chi connectivity index (χ0n) is 21.4. The first-order valence-corrected chi connectivity index (χ1v) is 12.7. The van der Waals surface area contributed by atoms with E-state index in [1.165, 1.54) is 12.1 Å². The zero-order chi connectivity index (χ0) is 25.9. The molecule has 2 saturated heterocycles. The Morgan fingerprint density at radius 3 is 2.06 bits per heavy atom. The number of aromatic carboxylic acids is 1. The highest BCUT2D eigenvalue weighted by Gasteiger charge is 2.25. The van der Waals surface area contributed by atoms with Gasteiger partial charge in [0.2, 0.25) is 0 Å². The van der Waals surface area contributed by atoms with Crippen molar-refractivity contribution in [2.45, 2.75) is 39.2 Å². The van der Waals surface area contributed by atoms with Gasteiger partial charge in [0.1, 0.15) is 11.4 Å². The summed E-state index contributed by atoms with van der Waals surface area (Å²) in [6, 6.07) is 12.1. The van der Waals surface area contributed by atoms with E-state index < -0.39 is 17.4 Å².